The van der Waals surface area contributed by atoms with Gasteiger partial charge in [-0.25, -0.2) is 0 Å². The molecule has 0 aliphatic rings. The van der Waals surface area contributed by atoms with Crippen LogP contribution in [0.4, 0.5) is 0 Å². The summed E-state index contributed by atoms with van der Waals surface area (Å²) in [5, 5.41) is 0. The zero-order chi connectivity index (χ0) is 26.2. The molecule has 11 heteroatoms. The maximum atomic E-state index is 6.64. The Bertz CT molecular complexity index is 439. The largest absolute Gasteiger partial charge is 0.530 e. The molecule has 9 nitrogen and oxygen atoms in total. The first-order chi connectivity index (χ1) is 16.2. The highest BCUT2D eigenvalue weighted by Crippen LogP contribution is 2.26. The molecule has 0 fully saturated rings. The monoisotopic (exact) mass is 527 g/mol. The van der Waals surface area contributed by atoms with Gasteiger partial charge in [0.05, 0.1) is 18.2 Å². The lowest BCUT2D eigenvalue weighted by molar-refractivity contribution is -0.0794. The van der Waals surface area contributed by atoms with Crippen molar-refractivity contribution in [2.24, 2.45) is 5.73 Å². The van der Waals surface area contributed by atoms with Gasteiger partial charge in [0.2, 0.25) is 0 Å². The summed E-state index contributed by atoms with van der Waals surface area (Å²) in [7, 11) is 3.62. The van der Waals surface area contributed by atoms with Crippen molar-refractivity contribution in [2.75, 3.05) is 42.7 Å². The maximum absolute atomic E-state index is 6.64. The number of ether oxygens (including phenoxy) is 2. The average molecular weight is 528 g/mol. The van der Waals surface area contributed by atoms with Crippen molar-refractivity contribution < 1.29 is 36.0 Å². The second-order valence-electron chi connectivity index (χ2n) is 8.66. The fraction of sp³-hybridized carbons (Fsp3) is 1.00. The van der Waals surface area contributed by atoms with Crippen LogP contribution in [0.3, 0.4) is 0 Å². The van der Waals surface area contributed by atoms with E-state index in [2.05, 4.69) is 13.8 Å². The van der Waals surface area contributed by atoms with Gasteiger partial charge in [-0.3, -0.25) is 0 Å². The van der Waals surface area contributed by atoms with E-state index in [9.17, 15) is 0 Å². The number of hydrogen-bond acceptors (Lipinski definition) is 9. The molecule has 4 unspecified atom stereocenters. The summed E-state index contributed by atoms with van der Waals surface area (Å²) in [5.41, 5.74) is 6.00. The lowest BCUT2D eigenvalue weighted by atomic mass is 10.1. The van der Waals surface area contributed by atoms with Crippen LogP contribution in [0.2, 0.25) is 0 Å². The van der Waals surface area contributed by atoms with Crippen molar-refractivity contribution in [3.05, 3.63) is 0 Å². The van der Waals surface area contributed by atoms with Gasteiger partial charge in [-0.1, -0.05) is 52.4 Å². The summed E-state index contributed by atoms with van der Waals surface area (Å²) in [6.45, 7) is 8.25. The number of nitrogens with two attached hydrogens (primary N) is 1. The second kappa shape index (κ2) is 18.3. The molecule has 206 valence electrons. The minimum atomic E-state index is -3.01. The SMILES string of the molecule is CCCCCC(OC(C)C(N)C(C)OC(CCCCC)[Si](OC)(OC)OC)[Si](OC)(OC)OC. The van der Waals surface area contributed by atoms with Gasteiger partial charge in [0.15, 0.2) is 0 Å². The van der Waals surface area contributed by atoms with E-state index in [0.717, 1.165) is 51.4 Å². The van der Waals surface area contributed by atoms with E-state index in [1.807, 2.05) is 13.8 Å². The van der Waals surface area contributed by atoms with E-state index in [4.69, 9.17) is 41.8 Å². The Morgan fingerprint density at radius 3 is 1.09 bits per heavy atom. The van der Waals surface area contributed by atoms with Crippen LogP contribution < -0.4 is 5.73 Å². The van der Waals surface area contributed by atoms with Crippen LogP contribution in [0.15, 0.2) is 0 Å². The normalized spacial score (nSPS) is 17.4. The third-order valence-corrected chi connectivity index (χ3v) is 12.3. The molecule has 0 radical (unpaired) electrons. The predicted octanol–water partition coefficient (Wildman–Crippen LogP) is 3.86. The zero-order valence-corrected chi connectivity index (χ0v) is 25.4. The first kappa shape index (κ1) is 34.1. The molecule has 0 amide bonds. The van der Waals surface area contributed by atoms with Crippen LogP contribution in [0, 0.1) is 0 Å². The lowest BCUT2D eigenvalue weighted by Crippen LogP contribution is -2.60. The summed E-state index contributed by atoms with van der Waals surface area (Å²) in [5.74, 6) is 0. The Kier molecular flexibility index (Phi) is 18.4. The molecule has 2 N–H and O–H groups in total. The number of hydrogen-bond donors (Lipinski definition) is 1. The molecular formula is C23H53NO8Si2. The molecular weight excluding hydrogens is 474 g/mol. The van der Waals surface area contributed by atoms with Crippen LogP contribution in [0.25, 0.3) is 0 Å². The Hall–Kier alpha value is 0.0738. The Morgan fingerprint density at radius 2 is 0.853 bits per heavy atom. The second-order valence-corrected chi connectivity index (χ2v) is 14.8. The molecule has 0 saturated carbocycles. The van der Waals surface area contributed by atoms with E-state index >= 15 is 0 Å². The minimum absolute atomic E-state index is 0.321. The predicted molar refractivity (Wildman–Crippen MR) is 138 cm³/mol. The number of rotatable bonds is 22. The molecule has 0 aliphatic heterocycles. The molecule has 0 aromatic heterocycles. The summed E-state index contributed by atoms with van der Waals surface area (Å²) in [6, 6.07) is -0.406. The van der Waals surface area contributed by atoms with E-state index in [0.29, 0.717) is 0 Å². The summed E-state index contributed by atoms with van der Waals surface area (Å²) in [6.07, 6.45) is 7.28. The third-order valence-electron chi connectivity index (χ3n) is 6.48. The van der Waals surface area contributed by atoms with E-state index in [1.165, 1.54) is 0 Å². The Labute approximate surface area is 211 Å². The van der Waals surface area contributed by atoms with Crippen molar-refractivity contribution in [2.45, 2.75) is 109 Å². The fourth-order valence-electron chi connectivity index (χ4n) is 4.19. The van der Waals surface area contributed by atoms with Crippen LogP contribution >= 0.6 is 0 Å². The van der Waals surface area contributed by atoms with Gasteiger partial charge in [-0.05, 0) is 26.7 Å². The highest BCUT2D eigenvalue weighted by atomic mass is 28.4. The first-order valence-corrected chi connectivity index (χ1v) is 16.2. The van der Waals surface area contributed by atoms with E-state index in [1.54, 1.807) is 42.7 Å². The van der Waals surface area contributed by atoms with Gasteiger partial charge in [0.25, 0.3) is 0 Å². The van der Waals surface area contributed by atoms with Crippen molar-refractivity contribution in [1.29, 1.82) is 0 Å². The van der Waals surface area contributed by atoms with Gasteiger partial charge in [0, 0.05) is 42.7 Å². The standard InChI is InChI=1S/C23H53NO8Si2/c1-11-13-15-17-21(33(25-5,26-6)27-7)31-19(3)23(24)20(4)32-22(18-16-14-12-2)34(28-8,29-9)30-10/h19-23H,11-18,24H2,1-10H3. The highest BCUT2D eigenvalue weighted by Gasteiger charge is 2.51. The molecule has 4 atom stereocenters. The molecule has 0 saturated heterocycles. The topological polar surface area (TPSA) is 99.9 Å². The van der Waals surface area contributed by atoms with Crippen molar-refractivity contribution in [3.8, 4) is 0 Å². The van der Waals surface area contributed by atoms with Gasteiger partial charge in [0.1, 0.15) is 11.5 Å². The minimum Gasteiger partial charge on any atom is -0.375 e. The van der Waals surface area contributed by atoms with Crippen molar-refractivity contribution in [1.82, 2.24) is 0 Å². The lowest BCUT2D eigenvalue weighted by Gasteiger charge is -2.38. The summed E-state index contributed by atoms with van der Waals surface area (Å²) < 4.78 is 47.3. The van der Waals surface area contributed by atoms with Crippen LogP contribution in [-0.2, 0) is 36.0 Å². The molecule has 0 aliphatic carbocycles. The van der Waals surface area contributed by atoms with Gasteiger partial charge < -0.3 is 41.8 Å². The van der Waals surface area contributed by atoms with Crippen LogP contribution in [0.1, 0.15) is 79.1 Å². The fourth-order valence-corrected chi connectivity index (χ4v) is 8.64. The first-order valence-electron chi connectivity index (χ1n) is 12.6. The van der Waals surface area contributed by atoms with Crippen molar-refractivity contribution >= 4 is 17.6 Å². The summed E-state index contributed by atoms with van der Waals surface area (Å²) in [4.78, 5) is 0. The molecule has 0 heterocycles. The summed E-state index contributed by atoms with van der Waals surface area (Å²) >= 11 is 0. The molecule has 0 aromatic rings. The van der Waals surface area contributed by atoms with Crippen LogP contribution in [0.5, 0.6) is 0 Å². The molecule has 0 spiro atoms. The smallest absolute Gasteiger partial charge is 0.375 e. The third kappa shape index (κ3) is 9.85. The molecule has 34 heavy (non-hydrogen) atoms. The molecule has 0 rings (SSSR count). The quantitative estimate of drug-likeness (QED) is 0.166. The van der Waals surface area contributed by atoms with Gasteiger partial charge in [-0.2, -0.15) is 0 Å². The Balaban J connectivity index is 5.52. The zero-order valence-electron chi connectivity index (χ0n) is 23.4. The average Bonchev–Trinajstić information content (AvgIpc) is 2.86. The van der Waals surface area contributed by atoms with Crippen LogP contribution in [-0.4, -0.2) is 90.0 Å². The highest BCUT2D eigenvalue weighted by molar-refractivity contribution is 6.62. The van der Waals surface area contributed by atoms with E-state index < -0.39 is 23.7 Å². The Morgan fingerprint density at radius 1 is 0.559 bits per heavy atom. The molecule has 0 bridgehead atoms. The van der Waals surface area contributed by atoms with Gasteiger partial charge in [-0.15, -0.1) is 0 Å². The van der Waals surface area contributed by atoms with E-state index in [-0.39, 0.29) is 23.7 Å². The molecule has 0 aromatic carbocycles. The van der Waals surface area contributed by atoms with Gasteiger partial charge >= 0.3 is 17.6 Å². The maximum Gasteiger partial charge on any atom is 0.530 e. The number of unbranched alkanes of at least 4 members (excludes halogenated alkanes) is 4. The van der Waals surface area contributed by atoms with Crippen molar-refractivity contribution in [3.63, 3.8) is 0 Å².